The van der Waals surface area contributed by atoms with Gasteiger partial charge in [0.15, 0.2) is 5.65 Å². The molecule has 0 unspecified atom stereocenters. The second kappa shape index (κ2) is 13.1. The Morgan fingerprint density at radius 3 is 2.52 bits per heavy atom. The van der Waals surface area contributed by atoms with Crippen LogP contribution in [0.3, 0.4) is 0 Å². The molecule has 1 fully saturated rings. The number of methoxy groups -OCH3 is 1. The van der Waals surface area contributed by atoms with Gasteiger partial charge >= 0.3 is 0 Å². The summed E-state index contributed by atoms with van der Waals surface area (Å²) in [5.41, 5.74) is 5.50. The second-order valence-corrected chi connectivity index (χ2v) is 10.8. The minimum absolute atomic E-state index is 0.310. The van der Waals surface area contributed by atoms with Crippen molar-refractivity contribution in [2.45, 2.75) is 25.4 Å². The first-order valence-electron chi connectivity index (χ1n) is 14.2. The van der Waals surface area contributed by atoms with Crippen molar-refractivity contribution >= 4 is 34.1 Å². The fourth-order valence-electron chi connectivity index (χ4n) is 5.17. The zero-order valence-corrected chi connectivity index (χ0v) is 24.3. The summed E-state index contributed by atoms with van der Waals surface area (Å²) >= 11 is 6.63. The Kier molecular flexibility index (Phi) is 8.67. The largest absolute Gasteiger partial charge is 0.497 e. The molecule has 0 atom stereocenters. The van der Waals surface area contributed by atoms with Crippen molar-refractivity contribution in [3.05, 3.63) is 89.8 Å². The van der Waals surface area contributed by atoms with Crippen LogP contribution in [0, 0.1) is 0 Å². The van der Waals surface area contributed by atoms with Crippen LogP contribution in [-0.2, 0) is 6.54 Å². The van der Waals surface area contributed by atoms with Gasteiger partial charge in [0.2, 0.25) is 0 Å². The predicted octanol–water partition coefficient (Wildman–Crippen LogP) is 6.25. The summed E-state index contributed by atoms with van der Waals surface area (Å²) < 4.78 is 11.2. The lowest BCUT2D eigenvalue weighted by atomic mass is 10.0. The number of imidazole rings is 1. The third kappa shape index (κ3) is 6.75. The third-order valence-corrected chi connectivity index (χ3v) is 7.74. The molecule has 42 heavy (non-hydrogen) atoms. The van der Waals surface area contributed by atoms with Crippen LogP contribution in [-0.4, -0.2) is 64.2 Å². The monoisotopic (exact) mass is 583 g/mol. The highest BCUT2D eigenvalue weighted by Gasteiger charge is 2.22. The van der Waals surface area contributed by atoms with E-state index >= 15 is 0 Å². The number of hydrogen-bond donors (Lipinski definition) is 3. The van der Waals surface area contributed by atoms with Gasteiger partial charge in [-0.1, -0.05) is 23.7 Å². The minimum Gasteiger partial charge on any atom is -0.497 e. The van der Waals surface area contributed by atoms with Crippen molar-refractivity contribution in [2.75, 3.05) is 44.0 Å². The van der Waals surface area contributed by atoms with Crippen LogP contribution in [0.5, 0.6) is 11.5 Å². The molecule has 6 rings (SSSR count). The fourth-order valence-corrected chi connectivity index (χ4v) is 5.37. The van der Waals surface area contributed by atoms with Crippen LogP contribution in [0.4, 0.5) is 11.4 Å². The zero-order valence-electron chi connectivity index (χ0n) is 23.5. The van der Waals surface area contributed by atoms with Gasteiger partial charge in [-0.2, -0.15) is 0 Å². The van der Waals surface area contributed by atoms with Gasteiger partial charge in [0, 0.05) is 50.2 Å². The smallest absolute Gasteiger partial charge is 0.159 e. The highest BCUT2D eigenvalue weighted by atomic mass is 35.5. The van der Waals surface area contributed by atoms with Crippen LogP contribution in [0.15, 0.2) is 79.3 Å². The number of piperidine rings is 1. The van der Waals surface area contributed by atoms with Crippen molar-refractivity contribution in [3.63, 3.8) is 0 Å². The number of halogens is 1. The van der Waals surface area contributed by atoms with Gasteiger partial charge < -0.3 is 25.1 Å². The normalized spacial score (nSPS) is 14.1. The second-order valence-electron chi connectivity index (χ2n) is 10.3. The molecule has 2 aromatic carbocycles. The Morgan fingerprint density at radius 1 is 1.00 bits per heavy atom. The molecule has 1 saturated heterocycles. The van der Waals surface area contributed by atoms with Crippen LogP contribution in [0.25, 0.3) is 22.6 Å². The summed E-state index contributed by atoms with van der Waals surface area (Å²) in [6.45, 7) is 4.17. The number of aromatic nitrogens is 4. The number of H-pyrrole nitrogens is 1. The van der Waals surface area contributed by atoms with Crippen molar-refractivity contribution in [3.8, 4) is 22.9 Å². The first-order chi connectivity index (χ1) is 20.6. The minimum atomic E-state index is 0.310. The molecule has 1 aliphatic heterocycles. The number of anilines is 2. The van der Waals surface area contributed by atoms with Gasteiger partial charge in [-0.25, -0.2) is 9.97 Å². The fraction of sp³-hybridized carbons (Fsp3) is 0.281. The summed E-state index contributed by atoms with van der Waals surface area (Å²) in [5.74, 6) is 2.42. The maximum atomic E-state index is 6.63. The Balaban J connectivity index is 1.05. The molecule has 0 radical (unpaired) electrons. The molecular weight excluding hydrogens is 550 g/mol. The Labute approximate surface area is 250 Å². The number of aromatic amines is 1. The van der Waals surface area contributed by atoms with Gasteiger partial charge in [0.05, 0.1) is 29.7 Å². The summed E-state index contributed by atoms with van der Waals surface area (Å²) in [5, 5.41) is 7.54. The summed E-state index contributed by atoms with van der Waals surface area (Å²) in [6.07, 6.45) is 7.27. The Morgan fingerprint density at radius 2 is 1.79 bits per heavy atom. The molecule has 1 aliphatic rings. The number of nitrogens with zero attached hydrogens (tertiary/aromatic N) is 4. The number of likely N-dealkylation sites (tertiary alicyclic amines) is 1. The van der Waals surface area contributed by atoms with E-state index in [1.165, 1.54) is 5.56 Å². The lowest BCUT2D eigenvalue weighted by molar-refractivity contribution is 0.211. The Bertz CT molecular complexity index is 1590. The topological polar surface area (TPSA) is 100 Å². The highest BCUT2D eigenvalue weighted by molar-refractivity contribution is 6.34. The highest BCUT2D eigenvalue weighted by Crippen LogP contribution is 2.32. The maximum Gasteiger partial charge on any atom is 0.159 e. The number of rotatable bonds is 11. The summed E-state index contributed by atoms with van der Waals surface area (Å²) in [7, 11) is 1.69. The molecule has 10 heteroatoms. The number of hydrogen-bond acceptors (Lipinski definition) is 8. The van der Waals surface area contributed by atoms with Crippen LogP contribution < -0.4 is 20.1 Å². The number of benzene rings is 2. The summed E-state index contributed by atoms with van der Waals surface area (Å²) in [6, 6.07) is 20.4. The zero-order chi connectivity index (χ0) is 28.7. The van der Waals surface area contributed by atoms with E-state index in [-0.39, 0.29) is 0 Å². The number of nitrogens with one attached hydrogen (secondary N) is 3. The molecule has 0 saturated carbocycles. The molecule has 3 N–H and O–H groups in total. The molecule has 0 bridgehead atoms. The molecular formula is C32H34ClN7O2. The molecule has 5 aromatic rings. The van der Waals surface area contributed by atoms with Crippen LogP contribution in [0.1, 0.15) is 18.4 Å². The third-order valence-electron chi connectivity index (χ3n) is 7.46. The van der Waals surface area contributed by atoms with E-state index < -0.39 is 0 Å². The average molecular weight is 584 g/mol. The van der Waals surface area contributed by atoms with E-state index in [0.717, 1.165) is 72.3 Å². The molecule has 3 aromatic heterocycles. The standard InChI is InChI=1S/C32H34ClN7O2/c1-41-26-8-4-22(5-9-26)21-40-16-12-24(13-17-40)37-29-28(33)20-36-32-30(29)38-31(39-32)23-6-10-27(11-7-23)42-18-15-35-25-3-2-14-34-19-25/h2-11,14,19-20,24,35H,12-13,15-18,21H2,1H3,(H2,36,37,38,39). The van der Waals surface area contributed by atoms with Crippen molar-refractivity contribution in [1.82, 2.24) is 24.8 Å². The molecule has 0 spiro atoms. The van der Waals surface area contributed by atoms with Gasteiger partial charge in [0.1, 0.15) is 29.4 Å². The molecule has 0 amide bonds. The van der Waals surface area contributed by atoms with Crippen LogP contribution >= 0.6 is 11.6 Å². The van der Waals surface area contributed by atoms with Crippen molar-refractivity contribution < 1.29 is 9.47 Å². The van der Waals surface area contributed by atoms with E-state index in [1.54, 1.807) is 25.7 Å². The van der Waals surface area contributed by atoms with E-state index in [0.29, 0.717) is 29.9 Å². The van der Waals surface area contributed by atoms with Crippen molar-refractivity contribution in [1.29, 1.82) is 0 Å². The Hall–Kier alpha value is -4.34. The molecule has 0 aliphatic carbocycles. The van der Waals surface area contributed by atoms with Crippen LogP contribution in [0.2, 0.25) is 5.02 Å². The predicted molar refractivity (Wildman–Crippen MR) is 167 cm³/mol. The molecule has 4 heterocycles. The maximum absolute atomic E-state index is 6.63. The number of fused-ring (bicyclic) bond motifs is 1. The van der Waals surface area contributed by atoms with E-state index in [1.807, 2.05) is 48.5 Å². The summed E-state index contributed by atoms with van der Waals surface area (Å²) in [4.78, 5) is 19.3. The first-order valence-corrected chi connectivity index (χ1v) is 14.6. The van der Waals surface area contributed by atoms with E-state index in [9.17, 15) is 0 Å². The average Bonchev–Trinajstić information content (AvgIpc) is 3.48. The lowest BCUT2D eigenvalue weighted by Gasteiger charge is -2.33. The van der Waals surface area contributed by atoms with Gasteiger partial charge in [0.25, 0.3) is 0 Å². The van der Waals surface area contributed by atoms with Gasteiger partial charge in [-0.15, -0.1) is 0 Å². The van der Waals surface area contributed by atoms with E-state index in [2.05, 4.69) is 42.6 Å². The van der Waals surface area contributed by atoms with Gasteiger partial charge in [-0.3, -0.25) is 9.88 Å². The molecule has 9 nitrogen and oxygen atoms in total. The number of ether oxygens (including phenoxy) is 2. The SMILES string of the molecule is COc1ccc(CN2CCC(Nc3c(Cl)cnc4[nH]c(-c5ccc(OCCNc6cccnc6)cc5)nc34)CC2)cc1. The van der Waals surface area contributed by atoms with Crippen molar-refractivity contribution in [2.24, 2.45) is 0 Å². The molecule has 216 valence electrons. The first kappa shape index (κ1) is 27.8. The lowest BCUT2D eigenvalue weighted by Crippen LogP contribution is -2.38. The van der Waals surface area contributed by atoms with E-state index in [4.69, 9.17) is 26.1 Å². The van der Waals surface area contributed by atoms with Gasteiger partial charge in [-0.05, 0) is 66.9 Å². The number of pyridine rings is 2. The quantitative estimate of drug-likeness (QED) is 0.157.